The number of amides is 1. The van der Waals surface area contributed by atoms with Crippen molar-refractivity contribution in [2.45, 2.75) is 44.8 Å². The lowest BCUT2D eigenvalue weighted by molar-refractivity contribution is -0.146. The molecule has 2 atom stereocenters. The molecule has 1 amide bonds. The van der Waals surface area contributed by atoms with Crippen LogP contribution in [0.2, 0.25) is 0 Å². The topological polar surface area (TPSA) is 93.2 Å². The second-order valence-corrected chi connectivity index (χ2v) is 8.68. The fourth-order valence-electron chi connectivity index (χ4n) is 3.16. The van der Waals surface area contributed by atoms with Gasteiger partial charge < -0.3 is 14.4 Å². The summed E-state index contributed by atoms with van der Waals surface area (Å²) < 4.78 is 36.9. The van der Waals surface area contributed by atoms with Crippen molar-refractivity contribution in [3.05, 3.63) is 29.8 Å². The summed E-state index contributed by atoms with van der Waals surface area (Å²) in [6.07, 6.45) is -0.132. The highest BCUT2D eigenvalue weighted by atomic mass is 32.2. The van der Waals surface area contributed by atoms with Gasteiger partial charge in [0.15, 0.2) is 6.61 Å². The molecule has 0 spiro atoms. The number of esters is 1. The molecule has 0 unspecified atom stereocenters. The van der Waals surface area contributed by atoms with Gasteiger partial charge in [-0.15, -0.1) is 0 Å². The monoisotopic (exact) mass is 412 g/mol. The van der Waals surface area contributed by atoms with Crippen molar-refractivity contribution in [1.29, 1.82) is 0 Å². The molecule has 0 saturated carbocycles. The van der Waals surface area contributed by atoms with E-state index in [-0.39, 0.29) is 35.2 Å². The zero-order chi connectivity index (χ0) is 20.9. The van der Waals surface area contributed by atoms with Gasteiger partial charge in [-0.05, 0) is 38.1 Å². The van der Waals surface area contributed by atoms with Crippen LogP contribution in [0.25, 0.3) is 0 Å². The lowest BCUT2D eigenvalue weighted by Crippen LogP contribution is -2.49. The molecule has 0 N–H and O–H groups in total. The molecule has 1 heterocycles. The normalized spacial score (nSPS) is 20.2. The molecule has 1 saturated heterocycles. The number of rotatable bonds is 7. The molecule has 28 heavy (non-hydrogen) atoms. The number of hydrogen-bond acceptors (Lipinski definition) is 6. The summed E-state index contributed by atoms with van der Waals surface area (Å²) in [5.74, 6) is -0.953. The zero-order valence-corrected chi connectivity index (χ0v) is 17.6. The molecule has 9 heteroatoms. The molecule has 0 aliphatic carbocycles. The maximum absolute atomic E-state index is 12.5. The summed E-state index contributed by atoms with van der Waals surface area (Å²) in [7, 11) is -3.59. The first-order valence-electron chi connectivity index (χ1n) is 9.39. The van der Waals surface area contributed by atoms with Crippen LogP contribution in [0, 0.1) is 0 Å². The van der Waals surface area contributed by atoms with E-state index in [0.29, 0.717) is 26.2 Å². The average Bonchev–Trinajstić information content (AvgIpc) is 2.66. The van der Waals surface area contributed by atoms with E-state index in [1.54, 1.807) is 18.7 Å². The van der Waals surface area contributed by atoms with Crippen molar-refractivity contribution in [1.82, 2.24) is 9.21 Å². The lowest BCUT2D eigenvalue weighted by Gasteiger charge is -2.35. The van der Waals surface area contributed by atoms with Crippen LogP contribution in [0.15, 0.2) is 29.2 Å². The van der Waals surface area contributed by atoms with Crippen LogP contribution >= 0.6 is 0 Å². The van der Waals surface area contributed by atoms with Crippen LogP contribution in [-0.2, 0) is 24.3 Å². The Labute approximate surface area is 166 Å². The van der Waals surface area contributed by atoms with E-state index in [4.69, 9.17) is 9.47 Å². The Morgan fingerprint density at radius 1 is 1.11 bits per heavy atom. The summed E-state index contributed by atoms with van der Waals surface area (Å²) in [6, 6.07) is 5.53. The van der Waals surface area contributed by atoms with Crippen LogP contribution in [0.1, 0.15) is 38.1 Å². The van der Waals surface area contributed by atoms with Gasteiger partial charge in [0.05, 0.1) is 22.7 Å². The van der Waals surface area contributed by atoms with Crippen LogP contribution in [-0.4, -0.2) is 74.5 Å². The molecule has 1 fully saturated rings. The number of benzene rings is 1. The third-order valence-corrected chi connectivity index (χ3v) is 6.60. The fourth-order valence-corrected chi connectivity index (χ4v) is 4.62. The summed E-state index contributed by atoms with van der Waals surface area (Å²) in [5.41, 5.74) is 0.190. The fraction of sp³-hybridized carbons (Fsp3) is 0.579. The van der Waals surface area contributed by atoms with Gasteiger partial charge in [0.25, 0.3) is 5.91 Å². The highest BCUT2D eigenvalue weighted by Gasteiger charge is 2.27. The number of hydrogen-bond donors (Lipinski definition) is 0. The highest BCUT2D eigenvalue weighted by molar-refractivity contribution is 7.89. The van der Waals surface area contributed by atoms with Gasteiger partial charge in [-0.25, -0.2) is 13.2 Å². The largest absolute Gasteiger partial charge is 0.452 e. The van der Waals surface area contributed by atoms with E-state index in [0.717, 1.165) is 0 Å². The number of sulfonamides is 1. The van der Waals surface area contributed by atoms with Gasteiger partial charge in [0.1, 0.15) is 0 Å². The Hall–Kier alpha value is -1.97. The summed E-state index contributed by atoms with van der Waals surface area (Å²) >= 11 is 0. The van der Waals surface area contributed by atoms with E-state index in [2.05, 4.69) is 0 Å². The molecule has 0 bridgehead atoms. The van der Waals surface area contributed by atoms with Crippen molar-refractivity contribution < 1.29 is 27.5 Å². The van der Waals surface area contributed by atoms with Gasteiger partial charge in [-0.2, -0.15) is 4.31 Å². The molecular formula is C19H28N2O6S. The average molecular weight is 413 g/mol. The minimum atomic E-state index is -3.59. The minimum Gasteiger partial charge on any atom is -0.452 e. The SMILES string of the molecule is CCN(CC)S(=O)(=O)c1ccc(C(=O)OCC(=O)N2C[C@H](C)O[C@@H](C)C2)cc1. The van der Waals surface area contributed by atoms with Crippen LogP contribution in [0.5, 0.6) is 0 Å². The van der Waals surface area contributed by atoms with E-state index in [9.17, 15) is 18.0 Å². The first-order chi connectivity index (χ1) is 13.2. The molecule has 156 valence electrons. The molecule has 1 aliphatic heterocycles. The predicted octanol–water partition coefficient (Wildman–Crippen LogP) is 1.51. The van der Waals surface area contributed by atoms with E-state index in [1.807, 2.05) is 13.8 Å². The minimum absolute atomic E-state index is 0.0660. The first-order valence-corrected chi connectivity index (χ1v) is 10.8. The highest BCUT2D eigenvalue weighted by Crippen LogP contribution is 2.17. The Bertz CT molecular complexity index is 779. The molecule has 1 aromatic rings. The lowest BCUT2D eigenvalue weighted by atomic mass is 10.2. The second-order valence-electron chi connectivity index (χ2n) is 6.75. The first kappa shape index (κ1) is 22.3. The Morgan fingerprint density at radius 3 is 2.14 bits per heavy atom. The second kappa shape index (κ2) is 9.49. The number of carbonyl (C=O) groups excluding carboxylic acids is 2. The molecule has 1 aliphatic rings. The Morgan fingerprint density at radius 2 is 1.64 bits per heavy atom. The van der Waals surface area contributed by atoms with Crippen LogP contribution in [0.3, 0.4) is 0 Å². The van der Waals surface area contributed by atoms with Gasteiger partial charge in [0.2, 0.25) is 10.0 Å². The Kier molecular flexibility index (Phi) is 7.56. The van der Waals surface area contributed by atoms with E-state index >= 15 is 0 Å². The quantitative estimate of drug-likeness (QED) is 0.630. The van der Waals surface area contributed by atoms with E-state index < -0.39 is 16.0 Å². The third kappa shape index (κ3) is 5.30. The zero-order valence-electron chi connectivity index (χ0n) is 16.8. The number of nitrogens with zero attached hydrogens (tertiary/aromatic N) is 2. The summed E-state index contributed by atoms with van der Waals surface area (Å²) in [6.45, 7) is 8.58. The van der Waals surface area contributed by atoms with Crippen molar-refractivity contribution in [2.75, 3.05) is 32.8 Å². The standard InChI is InChI=1S/C19H28N2O6S/c1-5-21(6-2)28(24,25)17-9-7-16(8-10-17)19(23)26-13-18(22)20-11-14(3)27-15(4)12-20/h7-10,14-15H,5-6,11-13H2,1-4H3/t14-,15-/m0/s1. The van der Waals surface area contributed by atoms with Gasteiger partial charge in [-0.3, -0.25) is 4.79 Å². The number of morpholine rings is 1. The van der Waals surface area contributed by atoms with Gasteiger partial charge >= 0.3 is 5.97 Å². The van der Waals surface area contributed by atoms with E-state index in [1.165, 1.54) is 28.6 Å². The number of carbonyl (C=O) groups is 2. The van der Waals surface area contributed by atoms with Crippen LogP contribution < -0.4 is 0 Å². The third-order valence-electron chi connectivity index (χ3n) is 4.53. The molecule has 1 aromatic carbocycles. The Balaban J connectivity index is 1.97. The molecular weight excluding hydrogens is 384 g/mol. The summed E-state index contributed by atoms with van der Waals surface area (Å²) in [4.78, 5) is 26.2. The van der Waals surface area contributed by atoms with Crippen molar-refractivity contribution in [3.8, 4) is 0 Å². The molecule has 0 radical (unpaired) electrons. The smallest absolute Gasteiger partial charge is 0.338 e. The molecule has 8 nitrogen and oxygen atoms in total. The maximum Gasteiger partial charge on any atom is 0.338 e. The maximum atomic E-state index is 12.5. The molecule has 2 rings (SSSR count). The summed E-state index contributed by atoms with van der Waals surface area (Å²) in [5, 5.41) is 0. The van der Waals surface area contributed by atoms with Crippen molar-refractivity contribution in [3.63, 3.8) is 0 Å². The van der Waals surface area contributed by atoms with Gasteiger partial charge in [-0.1, -0.05) is 13.8 Å². The van der Waals surface area contributed by atoms with Gasteiger partial charge in [0, 0.05) is 26.2 Å². The number of ether oxygens (including phenoxy) is 2. The van der Waals surface area contributed by atoms with Crippen LogP contribution in [0.4, 0.5) is 0 Å². The van der Waals surface area contributed by atoms with Crippen molar-refractivity contribution >= 4 is 21.9 Å². The van der Waals surface area contributed by atoms with Crippen molar-refractivity contribution in [2.24, 2.45) is 0 Å². The molecule has 0 aromatic heterocycles. The predicted molar refractivity (Wildman–Crippen MR) is 103 cm³/mol.